The van der Waals surface area contributed by atoms with Gasteiger partial charge in [-0.25, -0.2) is 14.4 Å². The fourth-order valence-corrected chi connectivity index (χ4v) is 12.6. The van der Waals surface area contributed by atoms with Crippen LogP contribution in [0.3, 0.4) is 0 Å². The van der Waals surface area contributed by atoms with Crippen molar-refractivity contribution in [2.45, 2.75) is 342 Å². The van der Waals surface area contributed by atoms with Crippen molar-refractivity contribution in [2.75, 3.05) is 0 Å². The van der Waals surface area contributed by atoms with E-state index in [-0.39, 0.29) is 23.1 Å². The molecule has 0 fully saturated rings. The number of carboxylic acid groups (broad SMARTS) is 1. The molecule has 2 aromatic carbocycles. The van der Waals surface area contributed by atoms with Gasteiger partial charge in [-0.05, 0) is 221 Å². The smallest absolute Gasteiger partial charge is 0.408 e. The first-order chi connectivity index (χ1) is 39.9. The standard InChI is InChI=1S/C35H61NO3.C29H50O2.C11H21NO4/c1-23(2)14-11-15-25(5)16-12-17-26(6)18-13-20-35(10)21-19-30-29(9)32(27(7)28(8)33(30)39-35)38-34(37)31(36)22-24(3)4;1-20(2)12-9-13-21(3)14-10-15-22(4)16-11-18-29(8)19-17-26-25(7)27(30)23(5)24(6)28(26)31-29;1-7(2)6-8(9(13)14)12-10(15)16-11(3,4)5/h23-26,31H,11-22,36H2,1-10H3;20-22,30H,9-19H2,1-8H3;7-8H,6H2,1-5H3,(H,12,15)(H,13,14). The SMILES string of the molecule is CC(C)CC(NC(=O)OC(C)(C)C)C(=O)O.Cc1c(C)c2c(c(C)c1O)CCC(C)(CCCC(C)CCCC(C)CCCC(C)C)O2.Cc1c(C)c2c(c(C)c1OC(=O)C(N)CC(C)C)CCC(C)(CCCC(C)CCCC(C)CCCC(C)C)O2. The number of benzene rings is 2. The lowest BCUT2D eigenvalue weighted by Gasteiger charge is -2.38. The van der Waals surface area contributed by atoms with E-state index in [2.05, 4.69) is 109 Å². The van der Waals surface area contributed by atoms with E-state index in [1.165, 1.54) is 114 Å². The van der Waals surface area contributed by atoms with Gasteiger partial charge in [0.05, 0.1) is 0 Å². The average Bonchev–Trinajstić information content (AvgIpc) is 0.872. The number of phenolic OH excluding ortho intramolecular Hbond substituents is 1. The molecule has 11 nitrogen and oxygen atoms in total. The van der Waals surface area contributed by atoms with Crippen molar-refractivity contribution in [1.82, 2.24) is 5.32 Å². The Kier molecular flexibility index (Phi) is 33.8. The van der Waals surface area contributed by atoms with E-state index in [0.717, 1.165) is 119 Å². The van der Waals surface area contributed by atoms with Crippen LogP contribution in [0.15, 0.2) is 0 Å². The minimum absolute atomic E-state index is 0.0712. The van der Waals surface area contributed by atoms with Crippen LogP contribution in [-0.2, 0) is 27.2 Å². The summed E-state index contributed by atoms with van der Waals surface area (Å²) in [5, 5.41) is 21.6. The number of aliphatic carboxylic acids is 1. The second-order valence-electron chi connectivity index (χ2n) is 30.7. The first-order valence-corrected chi connectivity index (χ1v) is 34.4. The van der Waals surface area contributed by atoms with E-state index < -0.39 is 29.7 Å². The molecule has 0 aliphatic carbocycles. The number of alkyl carbamates (subject to hydrolysis) is 1. The van der Waals surface area contributed by atoms with Crippen LogP contribution in [0, 0.1) is 88.9 Å². The normalized spacial score (nSPS) is 18.7. The molecule has 496 valence electrons. The maximum absolute atomic E-state index is 12.7. The second-order valence-corrected chi connectivity index (χ2v) is 30.7. The molecule has 0 radical (unpaired) electrons. The summed E-state index contributed by atoms with van der Waals surface area (Å²) in [4.78, 5) is 34.9. The van der Waals surface area contributed by atoms with Crippen molar-refractivity contribution in [2.24, 2.45) is 53.1 Å². The molecule has 0 bridgehead atoms. The van der Waals surface area contributed by atoms with Gasteiger partial charge in [0, 0.05) is 11.1 Å². The molecule has 2 aliphatic rings. The third kappa shape index (κ3) is 28.2. The molecule has 0 saturated carbocycles. The average molecular weight is 1210 g/mol. The number of amides is 1. The predicted octanol–water partition coefficient (Wildman–Crippen LogP) is 20.3. The lowest BCUT2D eigenvalue weighted by molar-refractivity contribution is -0.140. The fourth-order valence-electron chi connectivity index (χ4n) is 12.6. The van der Waals surface area contributed by atoms with E-state index in [0.29, 0.717) is 30.3 Å². The number of carboxylic acids is 1. The van der Waals surface area contributed by atoms with E-state index in [1.54, 1.807) is 20.8 Å². The maximum atomic E-state index is 12.7. The first kappa shape index (κ1) is 78.1. The summed E-state index contributed by atoms with van der Waals surface area (Å²) in [6, 6.07) is -1.49. The molecular weight excluding hydrogens is 1070 g/mol. The Morgan fingerprint density at radius 3 is 1.28 bits per heavy atom. The molecule has 1 amide bonds. The van der Waals surface area contributed by atoms with Gasteiger partial charge in [-0.3, -0.25) is 0 Å². The Bertz CT molecular complexity index is 2370. The highest BCUT2D eigenvalue weighted by molar-refractivity contribution is 5.80. The molecular formula is C75H132N2O9. The number of hydrogen-bond donors (Lipinski definition) is 4. The van der Waals surface area contributed by atoms with Crippen molar-refractivity contribution < 1.29 is 43.5 Å². The van der Waals surface area contributed by atoms with Gasteiger partial charge in [0.25, 0.3) is 0 Å². The summed E-state index contributed by atoms with van der Waals surface area (Å²) in [6.07, 6.45) is 28.1. The highest BCUT2D eigenvalue weighted by Crippen LogP contribution is 2.47. The summed E-state index contributed by atoms with van der Waals surface area (Å²) in [7, 11) is 0. The van der Waals surface area contributed by atoms with Gasteiger partial charge in [0.2, 0.25) is 0 Å². The molecule has 0 aromatic heterocycles. The van der Waals surface area contributed by atoms with Crippen molar-refractivity contribution in [1.29, 1.82) is 0 Å². The largest absolute Gasteiger partial charge is 0.507 e. The molecule has 86 heavy (non-hydrogen) atoms. The molecule has 0 spiro atoms. The number of nitrogens with two attached hydrogens (primary N) is 1. The number of aromatic hydroxyl groups is 1. The number of esters is 1. The highest BCUT2D eigenvalue weighted by atomic mass is 16.6. The minimum Gasteiger partial charge on any atom is -0.507 e. The molecule has 2 aliphatic heterocycles. The lowest BCUT2D eigenvalue weighted by Crippen LogP contribution is -2.44. The number of fused-ring (bicyclic) bond motifs is 2. The van der Waals surface area contributed by atoms with Crippen LogP contribution in [0.25, 0.3) is 0 Å². The van der Waals surface area contributed by atoms with E-state index in [1.807, 2.05) is 34.6 Å². The molecule has 2 heterocycles. The van der Waals surface area contributed by atoms with Crippen LogP contribution in [0.4, 0.5) is 4.79 Å². The Morgan fingerprint density at radius 2 is 0.907 bits per heavy atom. The van der Waals surface area contributed by atoms with Crippen LogP contribution in [0.2, 0.25) is 0 Å². The van der Waals surface area contributed by atoms with Crippen molar-refractivity contribution in [3.05, 3.63) is 44.5 Å². The number of ether oxygens (including phenoxy) is 4. The van der Waals surface area contributed by atoms with Gasteiger partial charge in [-0.15, -0.1) is 0 Å². The van der Waals surface area contributed by atoms with Crippen LogP contribution in [0.5, 0.6) is 23.0 Å². The molecule has 0 saturated heterocycles. The van der Waals surface area contributed by atoms with Gasteiger partial charge >= 0.3 is 18.0 Å². The monoisotopic (exact) mass is 1200 g/mol. The van der Waals surface area contributed by atoms with Gasteiger partial charge in [0.1, 0.15) is 51.9 Å². The van der Waals surface area contributed by atoms with Crippen LogP contribution >= 0.6 is 0 Å². The predicted molar refractivity (Wildman–Crippen MR) is 360 cm³/mol. The second kappa shape index (κ2) is 37.2. The Labute approximate surface area is 527 Å². The summed E-state index contributed by atoms with van der Waals surface area (Å²) in [6.45, 7) is 49.0. The number of carbonyl (C=O) groups excluding carboxylic acids is 2. The van der Waals surface area contributed by atoms with Crippen molar-refractivity contribution in [3.8, 4) is 23.0 Å². The maximum Gasteiger partial charge on any atom is 0.408 e. The summed E-state index contributed by atoms with van der Waals surface area (Å²) in [5.74, 6) is 7.34. The van der Waals surface area contributed by atoms with Crippen LogP contribution in [-0.4, -0.2) is 57.1 Å². The summed E-state index contributed by atoms with van der Waals surface area (Å²) < 4.78 is 24.2. The van der Waals surface area contributed by atoms with Gasteiger partial charge in [-0.2, -0.15) is 0 Å². The minimum atomic E-state index is -1.04. The van der Waals surface area contributed by atoms with Gasteiger partial charge in [-0.1, -0.05) is 173 Å². The van der Waals surface area contributed by atoms with Gasteiger partial charge < -0.3 is 40.2 Å². The zero-order chi connectivity index (χ0) is 65.4. The fraction of sp³-hybridized carbons (Fsp3) is 0.800. The number of phenols is 1. The molecule has 5 N–H and O–H groups in total. The Morgan fingerprint density at radius 1 is 0.535 bits per heavy atom. The first-order valence-electron chi connectivity index (χ1n) is 34.4. The van der Waals surface area contributed by atoms with E-state index >= 15 is 0 Å². The zero-order valence-corrected chi connectivity index (χ0v) is 59.6. The quantitative estimate of drug-likeness (QED) is 0.0409. The summed E-state index contributed by atoms with van der Waals surface area (Å²) >= 11 is 0. The Balaban J connectivity index is 0.000000478. The molecule has 8 atom stereocenters. The number of nitrogens with one attached hydrogen (secondary N) is 1. The third-order valence-corrected chi connectivity index (χ3v) is 18.6. The molecule has 4 rings (SSSR count). The van der Waals surface area contributed by atoms with Crippen LogP contribution in [0.1, 0.15) is 303 Å². The number of rotatable bonds is 32. The van der Waals surface area contributed by atoms with Crippen LogP contribution < -0.4 is 25.3 Å². The van der Waals surface area contributed by atoms with Crippen molar-refractivity contribution in [3.63, 3.8) is 0 Å². The van der Waals surface area contributed by atoms with E-state index in [4.69, 9.17) is 29.8 Å². The number of carbonyl (C=O) groups is 3. The zero-order valence-electron chi connectivity index (χ0n) is 59.6. The molecule has 2 aromatic rings. The molecule has 8 unspecified atom stereocenters. The Hall–Kier alpha value is -3.99. The van der Waals surface area contributed by atoms with Gasteiger partial charge in [0.15, 0.2) is 0 Å². The molecule has 11 heteroatoms. The number of hydrogen-bond acceptors (Lipinski definition) is 9. The van der Waals surface area contributed by atoms with Crippen molar-refractivity contribution >= 4 is 18.0 Å². The topological polar surface area (TPSA) is 167 Å². The highest BCUT2D eigenvalue weighted by Gasteiger charge is 2.37. The summed E-state index contributed by atoms with van der Waals surface area (Å²) in [5.41, 5.74) is 13.8. The lowest BCUT2D eigenvalue weighted by atomic mass is 9.83. The van der Waals surface area contributed by atoms with E-state index in [9.17, 15) is 19.5 Å². The third-order valence-electron chi connectivity index (χ3n) is 18.6.